The molecule has 1 N–H and O–H groups in total. The molecule has 0 saturated heterocycles. The Morgan fingerprint density at radius 3 is 2.46 bits per heavy atom. The summed E-state index contributed by atoms with van der Waals surface area (Å²) in [6.45, 7) is 8.12. The van der Waals surface area contributed by atoms with Crippen molar-refractivity contribution in [3.8, 4) is 0 Å². The highest BCUT2D eigenvalue weighted by atomic mass is 32.2. The maximum atomic E-state index is 12.4. The van der Waals surface area contributed by atoms with Gasteiger partial charge in [0.25, 0.3) is 0 Å². The fourth-order valence-electron chi connectivity index (χ4n) is 2.14. The molecule has 7 nitrogen and oxygen atoms in total. The Labute approximate surface area is 142 Å². The summed E-state index contributed by atoms with van der Waals surface area (Å²) in [5.41, 5.74) is 3.47. The second-order valence-electron chi connectivity index (χ2n) is 5.19. The molecule has 2 heterocycles. The largest absolute Gasteiger partial charge is 0.460 e. The second kappa shape index (κ2) is 7.59. The lowest BCUT2D eigenvalue weighted by atomic mass is 10.3. The first kappa shape index (κ1) is 18.2. The van der Waals surface area contributed by atoms with E-state index in [0.717, 1.165) is 5.76 Å². The second-order valence-corrected chi connectivity index (χ2v) is 7.13. The van der Waals surface area contributed by atoms with Crippen LogP contribution in [0.5, 0.6) is 0 Å². The molecule has 0 atom stereocenters. The number of pyridine rings is 1. The predicted octanol–water partition coefficient (Wildman–Crippen LogP) is 2.85. The molecule has 0 aliphatic carbocycles. The zero-order chi connectivity index (χ0) is 17.7. The summed E-state index contributed by atoms with van der Waals surface area (Å²) in [7, 11) is -3.50. The summed E-state index contributed by atoms with van der Waals surface area (Å²) >= 11 is 0. The molecule has 2 rings (SSSR count). The number of anilines is 1. The fraction of sp³-hybridized carbons (Fsp3) is 0.375. The summed E-state index contributed by atoms with van der Waals surface area (Å²) in [5, 5.41) is 4.19. The van der Waals surface area contributed by atoms with Gasteiger partial charge in [-0.2, -0.15) is 9.41 Å². The minimum atomic E-state index is -3.50. The number of furan rings is 1. The number of rotatable bonds is 7. The Morgan fingerprint density at radius 1 is 1.25 bits per heavy atom. The third-order valence-corrected chi connectivity index (χ3v) is 5.55. The van der Waals surface area contributed by atoms with Crippen molar-refractivity contribution in [2.45, 2.75) is 32.6 Å². The van der Waals surface area contributed by atoms with Gasteiger partial charge in [0.15, 0.2) is 0 Å². The van der Waals surface area contributed by atoms with Crippen LogP contribution in [-0.4, -0.2) is 36.5 Å². The van der Waals surface area contributed by atoms with Crippen LogP contribution in [0.2, 0.25) is 0 Å². The van der Waals surface area contributed by atoms with Crippen molar-refractivity contribution < 1.29 is 12.8 Å². The quantitative estimate of drug-likeness (QED) is 0.613. The third-order valence-electron chi connectivity index (χ3n) is 3.51. The van der Waals surface area contributed by atoms with Gasteiger partial charge in [-0.25, -0.2) is 13.4 Å². The van der Waals surface area contributed by atoms with Crippen LogP contribution in [0.15, 0.2) is 44.9 Å². The van der Waals surface area contributed by atoms with Crippen LogP contribution in [-0.2, 0) is 10.0 Å². The average molecular weight is 350 g/mol. The monoisotopic (exact) mass is 350 g/mol. The van der Waals surface area contributed by atoms with Gasteiger partial charge in [-0.05, 0) is 38.1 Å². The highest BCUT2D eigenvalue weighted by Gasteiger charge is 2.21. The molecule has 8 heteroatoms. The molecule has 0 radical (unpaired) electrons. The van der Waals surface area contributed by atoms with Gasteiger partial charge in [-0.1, -0.05) is 13.8 Å². The average Bonchev–Trinajstić information content (AvgIpc) is 3.00. The summed E-state index contributed by atoms with van der Waals surface area (Å²) < 4.78 is 31.6. The molecule has 0 unspecified atom stereocenters. The fourth-order valence-corrected chi connectivity index (χ4v) is 3.54. The maximum absolute atomic E-state index is 12.4. The Morgan fingerprint density at radius 2 is 1.96 bits per heavy atom. The van der Waals surface area contributed by atoms with Gasteiger partial charge >= 0.3 is 0 Å². The maximum Gasteiger partial charge on any atom is 0.244 e. The Bertz CT molecular complexity index is 806. The van der Waals surface area contributed by atoms with Gasteiger partial charge < -0.3 is 4.42 Å². The van der Waals surface area contributed by atoms with Crippen LogP contribution in [0, 0.1) is 6.92 Å². The molecule has 0 amide bonds. The Hall–Kier alpha value is -2.19. The highest BCUT2D eigenvalue weighted by molar-refractivity contribution is 7.89. The third kappa shape index (κ3) is 4.01. The van der Waals surface area contributed by atoms with Crippen molar-refractivity contribution in [3.05, 3.63) is 42.0 Å². The highest BCUT2D eigenvalue weighted by Crippen LogP contribution is 2.16. The van der Waals surface area contributed by atoms with E-state index in [-0.39, 0.29) is 4.90 Å². The molecular weight excluding hydrogens is 328 g/mol. The molecule has 0 fully saturated rings. The molecule has 0 saturated carbocycles. The summed E-state index contributed by atoms with van der Waals surface area (Å²) in [5.74, 6) is 1.93. The summed E-state index contributed by atoms with van der Waals surface area (Å²) in [4.78, 5) is 4.28. The molecule has 0 spiro atoms. The van der Waals surface area contributed by atoms with Crippen LogP contribution < -0.4 is 5.43 Å². The number of aryl methyl sites for hydroxylation is 1. The number of hydrazone groups is 1. The number of nitrogens with one attached hydrogen (secondary N) is 1. The Balaban J connectivity index is 2.12. The van der Waals surface area contributed by atoms with E-state index < -0.39 is 10.0 Å². The number of aromatic nitrogens is 1. The smallest absolute Gasteiger partial charge is 0.244 e. The first-order valence-electron chi connectivity index (χ1n) is 7.71. The van der Waals surface area contributed by atoms with Crippen molar-refractivity contribution in [1.29, 1.82) is 0 Å². The van der Waals surface area contributed by atoms with Crippen LogP contribution in [0.4, 0.5) is 5.82 Å². The summed E-state index contributed by atoms with van der Waals surface area (Å²) in [6, 6.07) is 6.80. The zero-order valence-electron chi connectivity index (χ0n) is 14.3. The molecule has 24 heavy (non-hydrogen) atoms. The minimum absolute atomic E-state index is 0.166. The van der Waals surface area contributed by atoms with Gasteiger partial charge in [-0.3, -0.25) is 5.43 Å². The zero-order valence-corrected chi connectivity index (χ0v) is 15.1. The predicted molar refractivity (Wildman–Crippen MR) is 93.6 cm³/mol. The first-order chi connectivity index (χ1) is 11.4. The van der Waals surface area contributed by atoms with E-state index in [1.165, 1.54) is 16.6 Å². The number of hydrogen-bond acceptors (Lipinski definition) is 6. The van der Waals surface area contributed by atoms with Crippen LogP contribution in [0.3, 0.4) is 0 Å². The molecule has 0 aliphatic heterocycles. The topological polar surface area (TPSA) is 87.8 Å². The van der Waals surface area contributed by atoms with Gasteiger partial charge in [0.05, 0.1) is 0 Å². The standard InChI is InChI=1S/C16H22N4O3S/c1-5-20(6-2)24(21,22)14-8-10-16(17-11-14)19-18-13(4)15-9-7-12(3)23-15/h7-11H,5-6H2,1-4H3,(H,17,19)/b18-13-. The van der Waals surface area contributed by atoms with E-state index in [4.69, 9.17) is 4.42 Å². The minimum Gasteiger partial charge on any atom is -0.460 e. The van der Waals surface area contributed by atoms with Gasteiger partial charge in [0.2, 0.25) is 10.0 Å². The van der Waals surface area contributed by atoms with Crippen molar-refractivity contribution >= 4 is 21.6 Å². The SMILES string of the molecule is CCN(CC)S(=O)(=O)c1ccc(N/N=C(/C)c2ccc(C)o2)nc1. The molecule has 0 aromatic carbocycles. The van der Waals surface area contributed by atoms with E-state index in [0.29, 0.717) is 30.4 Å². The van der Waals surface area contributed by atoms with Crippen molar-refractivity contribution in [3.63, 3.8) is 0 Å². The summed E-state index contributed by atoms with van der Waals surface area (Å²) in [6.07, 6.45) is 1.33. The van der Waals surface area contributed by atoms with Crippen molar-refractivity contribution in [2.75, 3.05) is 18.5 Å². The molecular formula is C16H22N4O3S. The van der Waals surface area contributed by atoms with Crippen LogP contribution >= 0.6 is 0 Å². The lowest BCUT2D eigenvalue weighted by molar-refractivity contribution is 0.445. The van der Waals surface area contributed by atoms with E-state index in [1.807, 2.05) is 26.0 Å². The van der Waals surface area contributed by atoms with E-state index in [1.54, 1.807) is 19.9 Å². The number of hydrogen-bond donors (Lipinski definition) is 1. The first-order valence-corrected chi connectivity index (χ1v) is 9.15. The molecule has 0 aliphatic rings. The van der Waals surface area contributed by atoms with Gasteiger partial charge in [0, 0.05) is 19.3 Å². The van der Waals surface area contributed by atoms with Crippen LogP contribution in [0.25, 0.3) is 0 Å². The molecule has 0 bridgehead atoms. The van der Waals surface area contributed by atoms with Crippen molar-refractivity contribution in [1.82, 2.24) is 9.29 Å². The van der Waals surface area contributed by atoms with Crippen LogP contribution in [0.1, 0.15) is 32.3 Å². The molecule has 130 valence electrons. The van der Waals surface area contributed by atoms with E-state index >= 15 is 0 Å². The normalized spacial score (nSPS) is 12.6. The van der Waals surface area contributed by atoms with Crippen molar-refractivity contribution in [2.24, 2.45) is 5.10 Å². The molecule has 2 aromatic rings. The lowest BCUT2D eigenvalue weighted by Gasteiger charge is -2.18. The van der Waals surface area contributed by atoms with Gasteiger partial charge in [-0.15, -0.1) is 0 Å². The lowest BCUT2D eigenvalue weighted by Crippen LogP contribution is -2.30. The molecule has 2 aromatic heterocycles. The van der Waals surface area contributed by atoms with Gasteiger partial charge in [0.1, 0.15) is 27.9 Å². The number of nitrogens with zero attached hydrogens (tertiary/aromatic N) is 3. The Kier molecular flexibility index (Phi) is 5.74. The van der Waals surface area contributed by atoms with E-state index in [9.17, 15) is 8.42 Å². The van der Waals surface area contributed by atoms with E-state index in [2.05, 4.69) is 15.5 Å². The number of sulfonamides is 1.